The van der Waals surface area contributed by atoms with Gasteiger partial charge in [0.15, 0.2) is 0 Å². The fourth-order valence-electron chi connectivity index (χ4n) is 2.84. The van der Waals surface area contributed by atoms with E-state index < -0.39 is 0 Å². The molecule has 3 rings (SSSR count). The van der Waals surface area contributed by atoms with Gasteiger partial charge in [-0.3, -0.25) is 9.59 Å². The van der Waals surface area contributed by atoms with Gasteiger partial charge in [-0.05, 0) is 57.0 Å². The van der Waals surface area contributed by atoms with Gasteiger partial charge >= 0.3 is 0 Å². The summed E-state index contributed by atoms with van der Waals surface area (Å²) >= 11 is 0. The van der Waals surface area contributed by atoms with E-state index in [1.54, 1.807) is 31.4 Å². The Hall–Kier alpha value is -2.82. The summed E-state index contributed by atoms with van der Waals surface area (Å²) in [6, 6.07) is 12.7. The summed E-state index contributed by atoms with van der Waals surface area (Å²) in [6.07, 6.45) is 1.93. The molecular weight excluding hydrogens is 328 g/mol. The maximum atomic E-state index is 12.5. The Labute approximate surface area is 153 Å². The molecule has 0 bridgehead atoms. The Bertz CT molecular complexity index is 811. The molecule has 136 valence electrons. The second kappa shape index (κ2) is 7.60. The molecule has 5 heteroatoms. The molecule has 0 spiro atoms. The lowest BCUT2D eigenvalue weighted by molar-refractivity contribution is -0.117. The molecule has 0 aliphatic heterocycles. The molecule has 2 amide bonds. The van der Waals surface area contributed by atoms with E-state index in [0.29, 0.717) is 11.3 Å². The van der Waals surface area contributed by atoms with E-state index >= 15 is 0 Å². The predicted octanol–water partition coefficient (Wildman–Crippen LogP) is 3.84. The number of amides is 2. The number of carbonyl (C=O) groups excluding carboxylic acids is 2. The van der Waals surface area contributed by atoms with E-state index in [4.69, 9.17) is 4.74 Å². The van der Waals surface area contributed by atoms with Crippen LogP contribution in [0, 0.1) is 12.8 Å². The van der Waals surface area contributed by atoms with E-state index in [0.717, 1.165) is 29.7 Å². The van der Waals surface area contributed by atoms with Gasteiger partial charge in [-0.15, -0.1) is 0 Å². The van der Waals surface area contributed by atoms with Gasteiger partial charge < -0.3 is 15.4 Å². The monoisotopic (exact) mass is 352 g/mol. The van der Waals surface area contributed by atoms with Crippen molar-refractivity contribution in [2.24, 2.45) is 5.92 Å². The fourth-order valence-corrected chi connectivity index (χ4v) is 2.84. The van der Waals surface area contributed by atoms with Gasteiger partial charge in [0.1, 0.15) is 5.75 Å². The SMILES string of the molecule is COc1ccc(C)cc1C(C)NC(=O)c1ccc(NC(=O)C2CC2)cc1. The van der Waals surface area contributed by atoms with E-state index in [9.17, 15) is 9.59 Å². The molecule has 1 saturated carbocycles. The zero-order chi connectivity index (χ0) is 18.7. The number of nitrogens with one attached hydrogen (secondary N) is 2. The maximum absolute atomic E-state index is 12.5. The number of aryl methyl sites for hydroxylation is 1. The Morgan fingerprint density at radius 2 is 1.81 bits per heavy atom. The van der Waals surface area contributed by atoms with Crippen LogP contribution in [0.2, 0.25) is 0 Å². The standard InChI is InChI=1S/C21H24N2O3/c1-13-4-11-19(26-3)18(12-13)14(2)22-20(24)16-7-9-17(10-8-16)23-21(25)15-5-6-15/h4,7-12,14-15H,5-6H2,1-3H3,(H,22,24)(H,23,25). The average molecular weight is 352 g/mol. The number of benzene rings is 2. The smallest absolute Gasteiger partial charge is 0.251 e. The first-order valence-corrected chi connectivity index (χ1v) is 8.84. The number of anilines is 1. The van der Waals surface area contributed by atoms with Crippen LogP contribution in [-0.4, -0.2) is 18.9 Å². The Morgan fingerprint density at radius 1 is 1.12 bits per heavy atom. The van der Waals surface area contributed by atoms with Crippen molar-refractivity contribution in [1.82, 2.24) is 5.32 Å². The second-order valence-corrected chi connectivity index (χ2v) is 6.78. The molecule has 1 fully saturated rings. The molecule has 2 aromatic carbocycles. The lowest BCUT2D eigenvalue weighted by atomic mass is 10.0. The van der Waals surface area contributed by atoms with Gasteiger partial charge in [0.05, 0.1) is 13.2 Å². The summed E-state index contributed by atoms with van der Waals surface area (Å²) in [6.45, 7) is 3.94. The lowest BCUT2D eigenvalue weighted by Gasteiger charge is -2.18. The van der Waals surface area contributed by atoms with Crippen LogP contribution in [0.1, 0.15) is 47.3 Å². The maximum Gasteiger partial charge on any atom is 0.251 e. The normalized spacial score (nSPS) is 14.4. The minimum absolute atomic E-state index is 0.0577. The van der Waals surface area contributed by atoms with Gasteiger partial charge in [0, 0.05) is 22.7 Å². The van der Waals surface area contributed by atoms with Crippen LogP contribution in [-0.2, 0) is 4.79 Å². The number of hydrogen-bond donors (Lipinski definition) is 2. The van der Waals surface area contributed by atoms with E-state index in [1.807, 2.05) is 32.0 Å². The molecular formula is C21H24N2O3. The largest absolute Gasteiger partial charge is 0.496 e. The number of hydrogen-bond acceptors (Lipinski definition) is 3. The highest BCUT2D eigenvalue weighted by molar-refractivity contribution is 5.97. The van der Waals surface area contributed by atoms with Crippen molar-refractivity contribution in [1.29, 1.82) is 0 Å². The predicted molar refractivity (Wildman–Crippen MR) is 101 cm³/mol. The molecule has 5 nitrogen and oxygen atoms in total. The number of ether oxygens (including phenoxy) is 1. The Kier molecular flexibility index (Phi) is 5.26. The molecule has 2 aromatic rings. The van der Waals surface area contributed by atoms with Gasteiger partial charge in [-0.2, -0.15) is 0 Å². The van der Waals surface area contributed by atoms with Crippen molar-refractivity contribution in [2.75, 3.05) is 12.4 Å². The average Bonchev–Trinajstić information content (AvgIpc) is 3.47. The minimum Gasteiger partial charge on any atom is -0.496 e. The first-order valence-electron chi connectivity index (χ1n) is 8.84. The molecule has 0 radical (unpaired) electrons. The summed E-state index contributed by atoms with van der Waals surface area (Å²) in [7, 11) is 1.62. The van der Waals surface area contributed by atoms with E-state index in [2.05, 4.69) is 10.6 Å². The van der Waals surface area contributed by atoms with Crippen molar-refractivity contribution >= 4 is 17.5 Å². The van der Waals surface area contributed by atoms with Crippen molar-refractivity contribution in [2.45, 2.75) is 32.7 Å². The van der Waals surface area contributed by atoms with Crippen LogP contribution >= 0.6 is 0 Å². The lowest BCUT2D eigenvalue weighted by Crippen LogP contribution is -2.27. The van der Waals surface area contributed by atoms with Crippen LogP contribution < -0.4 is 15.4 Å². The molecule has 0 saturated heterocycles. The van der Waals surface area contributed by atoms with Crippen molar-refractivity contribution < 1.29 is 14.3 Å². The fraction of sp³-hybridized carbons (Fsp3) is 0.333. The first-order chi connectivity index (χ1) is 12.5. The molecule has 1 aliphatic rings. The summed E-state index contributed by atoms with van der Waals surface area (Å²) < 4.78 is 5.39. The molecule has 0 aromatic heterocycles. The van der Waals surface area contributed by atoms with Crippen molar-refractivity contribution in [3.63, 3.8) is 0 Å². The van der Waals surface area contributed by atoms with Crippen LogP contribution in [0.5, 0.6) is 5.75 Å². The Balaban J connectivity index is 1.65. The summed E-state index contributed by atoms with van der Waals surface area (Å²) in [5, 5.41) is 5.87. The Morgan fingerprint density at radius 3 is 2.42 bits per heavy atom. The molecule has 2 N–H and O–H groups in total. The summed E-state index contributed by atoms with van der Waals surface area (Å²) in [4.78, 5) is 24.3. The van der Waals surface area contributed by atoms with Crippen molar-refractivity contribution in [3.8, 4) is 5.75 Å². The van der Waals surface area contributed by atoms with E-state index in [-0.39, 0.29) is 23.8 Å². The van der Waals surface area contributed by atoms with Crippen LogP contribution in [0.15, 0.2) is 42.5 Å². The van der Waals surface area contributed by atoms with E-state index in [1.165, 1.54) is 0 Å². The second-order valence-electron chi connectivity index (χ2n) is 6.78. The highest BCUT2D eigenvalue weighted by atomic mass is 16.5. The summed E-state index contributed by atoms with van der Waals surface area (Å²) in [5.41, 5.74) is 3.31. The zero-order valence-electron chi connectivity index (χ0n) is 15.3. The van der Waals surface area contributed by atoms with Crippen LogP contribution in [0.25, 0.3) is 0 Å². The van der Waals surface area contributed by atoms with Crippen molar-refractivity contribution in [3.05, 3.63) is 59.2 Å². The quantitative estimate of drug-likeness (QED) is 0.830. The highest BCUT2D eigenvalue weighted by Gasteiger charge is 2.29. The zero-order valence-corrected chi connectivity index (χ0v) is 15.3. The van der Waals surface area contributed by atoms with Gasteiger partial charge in [0.25, 0.3) is 5.91 Å². The number of methoxy groups -OCH3 is 1. The third-order valence-electron chi connectivity index (χ3n) is 4.56. The molecule has 1 atom stereocenters. The molecule has 1 aliphatic carbocycles. The van der Waals surface area contributed by atoms with Crippen LogP contribution in [0.4, 0.5) is 5.69 Å². The molecule has 26 heavy (non-hydrogen) atoms. The summed E-state index contributed by atoms with van der Waals surface area (Å²) in [5.74, 6) is 0.799. The minimum atomic E-state index is -0.188. The van der Waals surface area contributed by atoms with Crippen LogP contribution in [0.3, 0.4) is 0 Å². The van der Waals surface area contributed by atoms with Gasteiger partial charge in [0.2, 0.25) is 5.91 Å². The number of rotatable bonds is 6. The molecule has 0 heterocycles. The third kappa shape index (κ3) is 4.23. The first kappa shape index (κ1) is 18.0. The highest BCUT2D eigenvalue weighted by Crippen LogP contribution is 2.30. The third-order valence-corrected chi connectivity index (χ3v) is 4.56. The van der Waals surface area contributed by atoms with Gasteiger partial charge in [-0.25, -0.2) is 0 Å². The van der Waals surface area contributed by atoms with Gasteiger partial charge in [-0.1, -0.05) is 17.7 Å². The topological polar surface area (TPSA) is 67.4 Å². The molecule has 1 unspecified atom stereocenters. The number of carbonyl (C=O) groups is 2.